The zero-order chi connectivity index (χ0) is 13.1. The Morgan fingerprint density at radius 3 is 2.06 bits per heavy atom. The summed E-state index contributed by atoms with van der Waals surface area (Å²) in [5, 5.41) is 0. The highest BCUT2D eigenvalue weighted by Crippen LogP contribution is 2.17. The van der Waals surface area contributed by atoms with Gasteiger partial charge in [-0.05, 0) is 23.6 Å². The topological polar surface area (TPSA) is 0 Å². The van der Waals surface area contributed by atoms with Gasteiger partial charge < -0.3 is 0 Å². The predicted octanol–water partition coefficient (Wildman–Crippen LogP) is 5.50. The van der Waals surface area contributed by atoms with Crippen LogP contribution < -0.4 is 0 Å². The van der Waals surface area contributed by atoms with Crippen molar-refractivity contribution in [1.82, 2.24) is 0 Å². The summed E-state index contributed by atoms with van der Waals surface area (Å²) in [5.74, 6) is 0. The summed E-state index contributed by atoms with van der Waals surface area (Å²) in [4.78, 5) is 0. The monoisotopic (exact) mass is 226 g/mol. The van der Waals surface area contributed by atoms with Crippen molar-refractivity contribution in [3.8, 4) is 0 Å². The average molecular weight is 226 g/mol. The molecule has 0 atom stereocenters. The molecule has 0 saturated heterocycles. The highest BCUT2D eigenvalue weighted by atomic mass is 14.0. The van der Waals surface area contributed by atoms with Crippen molar-refractivity contribution in [2.24, 2.45) is 0 Å². The van der Waals surface area contributed by atoms with Crippen LogP contribution in [0.4, 0.5) is 0 Å². The van der Waals surface area contributed by atoms with E-state index >= 15 is 0 Å². The van der Waals surface area contributed by atoms with Crippen LogP contribution in [-0.4, -0.2) is 0 Å². The third-order valence-corrected chi connectivity index (χ3v) is 2.12. The number of benzene rings is 1. The van der Waals surface area contributed by atoms with Crippen LogP contribution in [0.1, 0.15) is 31.9 Å². The van der Waals surface area contributed by atoms with Gasteiger partial charge in [-0.25, -0.2) is 0 Å². The first-order valence-electron chi connectivity index (χ1n) is 6.00. The van der Waals surface area contributed by atoms with Crippen LogP contribution in [0.15, 0.2) is 61.7 Å². The molecule has 17 heavy (non-hydrogen) atoms. The molecule has 0 N–H and O–H groups in total. The lowest BCUT2D eigenvalue weighted by atomic mass is 10.0. The summed E-state index contributed by atoms with van der Waals surface area (Å²) in [5.41, 5.74) is 3.50. The van der Waals surface area contributed by atoms with E-state index in [0.717, 1.165) is 5.56 Å². The maximum Gasteiger partial charge on any atom is -0.0184 e. The van der Waals surface area contributed by atoms with Gasteiger partial charge in [0.15, 0.2) is 0 Å². The van der Waals surface area contributed by atoms with Gasteiger partial charge in [0.25, 0.3) is 0 Å². The fraction of sp³-hybridized carbons (Fsp3) is 0.176. The molecule has 1 aromatic carbocycles. The van der Waals surface area contributed by atoms with E-state index in [1.165, 1.54) is 11.1 Å². The zero-order valence-corrected chi connectivity index (χ0v) is 11.1. The Kier molecular flexibility index (Phi) is 8.40. The molecule has 0 amide bonds. The second kappa shape index (κ2) is 9.41. The molecule has 1 aromatic rings. The van der Waals surface area contributed by atoms with Gasteiger partial charge in [0, 0.05) is 0 Å². The minimum absolute atomic E-state index is 1.14. The summed E-state index contributed by atoms with van der Waals surface area (Å²) in [7, 11) is 0. The smallest absolute Gasteiger partial charge is 0.0184 e. The van der Waals surface area contributed by atoms with Crippen molar-refractivity contribution >= 4 is 11.6 Å². The summed E-state index contributed by atoms with van der Waals surface area (Å²) in [6.45, 7) is 13.5. The van der Waals surface area contributed by atoms with Crippen molar-refractivity contribution in [3.63, 3.8) is 0 Å². The standard InChI is InChI=1S/C15H16.C2H6/c1-4-7-14(8-5-2)15-11-9-13(6-3)10-12-15;1-2/h4-12H,1,3H2,2H3;1-2H3/b8-5-,14-7+;. The van der Waals surface area contributed by atoms with Crippen molar-refractivity contribution in [1.29, 1.82) is 0 Å². The Hall–Kier alpha value is -1.82. The number of hydrogen-bond donors (Lipinski definition) is 0. The molecular weight excluding hydrogens is 204 g/mol. The highest BCUT2D eigenvalue weighted by Gasteiger charge is 1.95. The fourth-order valence-corrected chi connectivity index (χ4v) is 1.37. The Balaban J connectivity index is 0.00000121. The fourth-order valence-electron chi connectivity index (χ4n) is 1.37. The third-order valence-electron chi connectivity index (χ3n) is 2.12. The van der Waals surface area contributed by atoms with Gasteiger partial charge in [0.2, 0.25) is 0 Å². The van der Waals surface area contributed by atoms with Crippen molar-refractivity contribution < 1.29 is 0 Å². The molecular formula is C17H22. The predicted molar refractivity (Wildman–Crippen MR) is 80.9 cm³/mol. The second-order valence-electron chi connectivity index (χ2n) is 3.18. The zero-order valence-electron chi connectivity index (χ0n) is 11.1. The van der Waals surface area contributed by atoms with E-state index in [-0.39, 0.29) is 0 Å². The summed E-state index contributed by atoms with van der Waals surface area (Å²) in [6, 6.07) is 8.30. The molecule has 0 saturated carbocycles. The second-order valence-corrected chi connectivity index (χ2v) is 3.18. The van der Waals surface area contributed by atoms with Crippen molar-refractivity contribution in [2.75, 3.05) is 0 Å². The van der Waals surface area contributed by atoms with E-state index in [4.69, 9.17) is 0 Å². The highest BCUT2D eigenvalue weighted by molar-refractivity contribution is 5.75. The molecule has 0 heteroatoms. The van der Waals surface area contributed by atoms with Crippen molar-refractivity contribution in [2.45, 2.75) is 20.8 Å². The maximum atomic E-state index is 3.73. The average Bonchev–Trinajstić information content (AvgIpc) is 2.41. The minimum atomic E-state index is 1.14. The molecule has 0 fully saturated rings. The maximum absolute atomic E-state index is 3.73. The van der Waals surface area contributed by atoms with E-state index in [2.05, 4.69) is 43.5 Å². The van der Waals surface area contributed by atoms with Gasteiger partial charge in [0.05, 0.1) is 0 Å². The van der Waals surface area contributed by atoms with E-state index in [0.29, 0.717) is 0 Å². The quantitative estimate of drug-likeness (QED) is 0.594. The summed E-state index contributed by atoms with van der Waals surface area (Å²) in [6.07, 6.45) is 9.75. The van der Waals surface area contributed by atoms with Crippen LogP contribution in [0.25, 0.3) is 11.6 Å². The molecule has 1 rings (SSSR count). The van der Waals surface area contributed by atoms with Crippen LogP contribution in [0.5, 0.6) is 0 Å². The first-order valence-corrected chi connectivity index (χ1v) is 6.00. The first kappa shape index (κ1) is 15.2. The lowest BCUT2D eigenvalue weighted by Crippen LogP contribution is -1.81. The Bertz CT molecular complexity index is 389. The number of rotatable bonds is 4. The molecule has 0 bridgehead atoms. The van der Waals surface area contributed by atoms with Crippen LogP contribution in [0.3, 0.4) is 0 Å². The number of allylic oxidation sites excluding steroid dienone is 5. The Morgan fingerprint density at radius 1 is 1.06 bits per heavy atom. The lowest BCUT2D eigenvalue weighted by Gasteiger charge is -2.02. The Morgan fingerprint density at radius 2 is 1.65 bits per heavy atom. The molecule has 0 nitrogen and oxygen atoms in total. The van der Waals surface area contributed by atoms with E-state index in [9.17, 15) is 0 Å². The normalized spacial score (nSPS) is 10.6. The van der Waals surface area contributed by atoms with Crippen LogP contribution in [0, 0.1) is 0 Å². The SMILES string of the molecule is C=C/C=C(\C=C/C)c1ccc(C=C)cc1.CC. The molecule has 0 heterocycles. The lowest BCUT2D eigenvalue weighted by molar-refractivity contribution is 1.50. The van der Waals surface area contributed by atoms with Gasteiger partial charge in [-0.1, -0.05) is 81.7 Å². The third kappa shape index (κ3) is 5.17. The molecule has 0 aromatic heterocycles. The molecule has 0 aliphatic heterocycles. The van der Waals surface area contributed by atoms with Crippen LogP contribution >= 0.6 is 0 Å². The van der Waals surface area contributed by atoms with Gasteiger partial charge in [-0.15, -0.1) is 0 Å². The van der Waals surface area contributed by atoms with E-state index in [1.54, 1.807) is 6.08 Å². The summed E-state index contributed by atoms with van der Waals surface area (Å²) < 4.78 is 0. The Labute approximate surface area is 106 Å². The van der Waals surface area contributed by atoms with Crippen LogP contribution in [-0.2, 0) is 0 Å². The van der Waals surface area contributed by atoms with Crippen molar-refractivity contribution in [3.05, 3.63) is 72.9 Å². The first-order chi connectivity index (χ1) is 8.31. The van der Waals surface area contributed by atoms with Gasteiger partial charge in [0.1, 0.15) is 0 Å². The molecule has 90 valence electrons. The molecule has 0 spiro atoms. The van der Waals surface area contributed by atoms with Gasteiger partial charge in [-0.3, -0.25) is 0 Å². The molecule has 0 aliphatic rings. The van der Waals surface area contributed by atoms with Gasteiger partial charge in [-0.2, -0.15) is 0 Å². The van der Waals surface area contributed by atoms with Crippen LogP contribution in [0.2, 0.25) is 0 Å². The molecule has 0 unspecified atom stereocenters. The molecule has 0 aliphatic carbocycles. The van der Waals surface area contributed by atoms with E-state index in [1.807, 2.05) is 39.0 Å². The van der Waals surface area contributed by atoms with Gasteiger partial charge >= 0.3 is 0 Å². The summed E-state index contributed by atoms with van der Waals surface area (Å²) >= 11 is 0. The largest absolute Gasteiger partial charge is 0.0990 e. The van der Waals surface area contributed by atoms with E-state index < -0.39 is 0 Å². The molecule has 0 radical (unpaired) electrons. The number of hydrogen-bond acceptors (Lipinski definition) is 0. The minimum Gasteiger partial charge on any atom is -0.0990 e.